The zero-order chi connectivity index (χ0) is 13.1. The number of hydrogen-bond donors (Lipinski definition) is 2. The predicted molar refractivity (Wildman–Crippen MR) is 70.8 cm³/mol. The largest absolute Gasteiger partial charge is 0.496 e. The zero-order valence-corrected chi connectivity index (χ0v) is 10.9. The van der Waals surface area contributed by atoms with Crippen LogP contribution in [0.1, 0.15) is 17.0 Å². The molecule has 96 valence electrons. The molecule has 0 fully saturated rings. The van der Waals surface area contributed by atoms with Crippen molar-refractivity contribution in [3.05, 3.63) is 35.2 Å². The van der Waals surface area contributed by atoms with E-state index in [-0.39, 0.29) is 6.61 Å². The molecule has 0 aliphatic heterocycles. The molecule has 0 atom stereocenters. The van der Waals surface area contributed by atoms with E-state index in [0.717, 1.165) is 34.1 Å². The number of nitrogens with one attached hydrogen (secondary N) is 1. The highest BCUT2D eigenvalue weighted by Crippen LogP contribution is 2.25. The van der Waals surface area contributed by atoms with Crippen LogP contribution in [0.4, 0.5) is 0 Å². The Morgan fingerprint density at radius 3 is 2.72 bits per heavy atom. The van der Waals surface area contributed by atoms with E-state index in [1.54, 1.807) is 7.11 Å². The van der Waals surface area contributed by atoms with Gasteiger partial charge in [0.25, 0.3) is 0 Å². The molecule has 0 unspecified atom stereocenters. The van der Waals surface area contributed by atoms with E-state index in [2.05, 4.69) is 9.97 Å². The fourth-order valence-electron chi connectivity index (χ4n) is 2.01. The zero-order valence-electron chi connectivity index (χ0n) is 10.9. The lowest BCUT2D eigenvalue weighted by Gasteiger charge is -2.05. The van der Waals surface area contributed by atoms with Crippen molar-refractivity contribution >= 4 is 0 Å². The summed E-state index contributed by atoms with van der Waals surface area (Å²) in [7, 11) is 1.67. The van der Waals surface area contributed by atoms with Crippen LogP contribution in [0.15, 0.2) is 18.2 Å². The number of nitrogens with zero attached hydrogens (tertiary/aromatic N) is 1. The molecule has 1 heterocycles. The van der Waals surface area contributed by atoms with Crippen LogP contribution in [0, 0.1) is 13.8 Å². The van der Waals surface area contributed by atoms with Crippen molar-refractivity contribution in [3.8, 4) is 17.1 Å². The Bertz CT molecular complexity index is 547. The molecular weight excluding hydrogens is 228 g/mol. The van der Waals surface area contributed by atoms with Gasteiger partial charge in [-0.2, -0.15) is 0 Å². The van der Waals surface area contributed by atoms with Crippen LogP contribution in [0.2, 0.25) is 0 Å². The van der Waals surface area contributed by atoms with Crippen LogP contribution in [-0.4, -0.2) is 28.8 Å². The number of imidazole rings is 1. The summed E-state index contributed by atoms with van der Waals surface area (Å²) in [5, 5.41) is 8.97. The minimum atomic E-state index is 0.118. The molecule has 4 nitrogen and oxygen atoms in total. The summed E-state index contributed by atoms with van der Waals surface area (Å²) in [5.41, 5.74) is 4.03. The maximum absolute atomic E-state index is 8.97. The van der Waals surface area contributed by atoms with Crippen LogP contribution in [0.5, 0.6) is 5.75 Å². The molecule has 0 saturated heterocycles. The molecule has 0 bridgehead atoms. The van der Waals surface area contributed by atoms with Crippen molar-refractivity contribution in [1.29, 1.82) is 0 Å². The predicted octanol–water partition coefficient (Wildman–Crippen LogP) is 2.24. The van der Waals surface area contributed by atoms with E-state index in [1.165, 1.54) is 0 Å². The maximum Gasteiger partial charge on any atom is 0.137 e. The van der Waals surface area contributed by atoms with Crippen LogP contribution >= 0.6 is 0 Å². The number of aromatic nitrogens is 2. The highest BCUT2D eigenvalue weighted by atomic mass is 16.5. The number of hydrogen-bond acceptors (Lipinski definition) is 3. The molecule has 0 radical (unpaired) electrons. The molecule has 0 amide bonds. The number of aliphatic hydroxyl groups excluding tert-OH is 1. The lowest BCUT2D eigenvalue weighted by Crippen LogP contribution is -1.93. The number of aliphatic hydroxyl groups is 1. The number of ether oxygens (including phenoxy) is 1. The standard InChI is InChI=1S/C14H18N2O2/c1-9-8-11(4-5-13(9)18-3)14-15-10(2)12(16-14)6-7-17/h4-5,8,17H,6-7H2,1-3H3,(H,15,16). The lowest BCUT2D eigenvalue weighted by atomic mass is 10.1. The van der Waals surface area contributed by atoms with Gasteiger partial charge in [-0.3, -0.25) is 0 Å². The third kappa shape index (κ3) is 2.38. The van der Waals surface area contributed by atoms with Gasteiger partial charge < -0.3 is 14.8 Å². The monoisotopic (exact) mass is 246 g/mol. The third-order valence-electron chi connectivity index (χ3n) is 3.00. The van der Waals surface area contributed by atoms with Crippen molar-refractivity contribution in [2.75, 3.05) is 13.7 Å². The number of methoxy groups -OCH3 is 1. The number of benzene rings is 1. The highest BCUT2D eigenvalue weighted by Gasteiger charge is 2.09. The molecule has 0 saturated carbocycles. The summed E-state index contributed by atoms with van der Waals surface area (Å²) in [6, 6.07) is 5.96. The lowest BCUT2D eigenvalue weighted by molar-refractivity contribution is 0.298. The Labute approximate surface area is 107 Å². The summed E-state index contributed by atoms with van der Waals surface area (Å²) < 4.78 is 5.24. The van der Waals surface area contributed by atoms with E-state index in [1.807, 2.05) is 32.0 Å². The van der Waals surface area contributed by atoms with Gasteiger partial charge in [-0.15, -0.1) is 0 Å². The average Bonchev–Trinajstić information content (AvgIpc) is 2.71. The number of rotatable bonds is 4. The Morgan fingerprint density at radius 2 is 2.11 bits per heavy atom. The first-order valence-electron chi connectivity index (χ1n) is 5.97. The molecule has 18 heavy (non-hydrogen) atoms. The van der Waals surface area contributed by atoms with Crippen LogP contribution < -0.4 is 4.74 Å². The van der Waals surface area contributed by atoms with Crippen LogP contribution in [0.3, 0.4) is 0 Å². The smallest absolute Gasteiger partial charge is 0.137 e. The number of aryl methyl sites for hydroxylation is 2. The molecule has 1 aromatic carbocycles. The van der Waals surface area contributed by atoms with E-state index in [9.17, 15) is 0 Å². The first-order chi connectivity index (χ1) is 8.65. The van der Waals surface area contributed by atoms with Gasteiger partial charge in [0.1, 0.15) is 11.6 Å². The van der Waals surface area contributed by atoms with Gasteiger partial charge in [-0.05, 0) is 37.6 Å². The second kappa shape index (κ2) is 5.23. The second-order valence-corrected chi connectivity index (χ2v) is 4.32. The van der Waals surface area contributed by atoms with Crippen molar-refractivity contribution in [2.24, 2.45) is 0 Å². The summed E-state index contributed by atoms with van der Waals surface area (Å²) >= 11 is 0. The topological polar surface area (TPSA) is 58.1 Å². The summed E-state index contributed by atoms with van der Waals surface area (Å²) in [5.74, 6) is 1.71. The second-order valence-electron chi connectivity index (χ2n) is 4.32. The normalized spacial score (nSPS) is 10.7. The average molecular weight is 246 g/mol. The minimum Gasteiger partial charge on any atom is -0.496 e. The van der Waals surface area contributed by atoms with E-state index < -0.39 is 0 Å². The molecule has 0 spiro atoms. The Kier molecular flexibility index (Phi) is 3.67. The van der Waals surface area contributed by atoms with Crippen molar-refractivity contribution < 1.29 is 9.84 Å². The Balaban J connectivity index is 2.36. The fraction of sp³-hybridized carbons (Fsp3) is 0.357. The third-order valence-corrected chi connectivity index (χ3v) is 3.00. The molecule has 0 aliphatic carbocycles. The van der Waals surface area contributed by atoms with E-state index >= 15 is 0 Å². The molecular formula is C14H18N2O2. The number of H-pyrrole nitrogens is 1. The molecule has 2 rings (SSSR count). The molecule has 1 aromatic heterocycles. The van der Waals surface area contributed by atoms with Gasteiger partial charge in [-0.25, -0.2) is 4.98 Å². The SMILES string of the molecule is COc1ccc(-c2nc(CCO)c(C)[nH]2)cc1C. The van der Waals surface area contributed by atoms with Crippen molar-refractivity contribution in [1.82, 2.24) is 9.97 Å². The minimum absolute atomic E-state index is 0.118. The van der Waals surface area contributed by atoms with Gasteiger partial charge in [0.15, 0.2) is 0 Å². The van der Waals surface area contributed by atoms with Crippen LogP contribution in [0.25, 0.3) is 11.4 Å². The van der Waals surface area contributed by atoms with Gasteiger partial charge in [0, 0.05) is 24.3 Å². The van der Waals surface area contributed by atoms with E-state index in [0.29, 0.717) is 6.42 Å². The molecule has 4 heteroatoms. The molecule has 2 aromatic rings. The number of aromatic amines is 1. The fourth-order valence-corrected chi connectivity index (χ4v) is 2.01. The first-order valence-corrected chi connectivity index (χ1v) is 5.97. The Morgan fingerprint density at radius 1 is 1.33 bits per heavy atom. The van der Waals surface area contributed by atoms with Gasteiger partial charge in [0.2, 0.25) is 0 Å². The van der Waals surface area contributed by atoms with Crippen LogP contribution in [-0.2, 0) is 6.42 Å². The van der Waals surface area contributed by atoms with Gasteiger partial charge in [-0.1, -0.05) is 0 Å². The highest BCUT2D eigenvalue weighted by molar-refractivity contribution is 5.59. The summed E-state index contributed by atoms with van der Waals surface area (Å²) in [6.45, 7) is 4.09. The van der Waals surface area contributed by atoms with Crippen molar-refractivity contribution in [3.63, 3.8) is 0 Å². The quantitative estimate of drug-likeness (QED) is 0.869. The van der Waals surface area contributed by atoms with Gasteiger partial charge >= 0.3 is 0 Å². The first kappa shape index (κ1) is 12.6. The summed E-state index contributed by atoms with van der Waals surface area (Å²) in [6.07, 6.45) is 0.581. The molecule has 2 N–H and O–H groups in total. The van der Waals surface area contributed by atoms with E-state index in [4.69, 9.17) is 9.84 Å². The van der Waals surface area contributed by atoms with Gasteiger partial charge in [0.05, 0.1) is 12.8 Å². The Hall–Kier alpha value is -1.81. The summed E-state index contributed by atoms with van der Waals surface area (Å²) in [4.78, 5) is 7.76. The maximum atomic E-state index is 8.97. The van der Waals surface area contributed by atoms with Crippen molar-refractivity contribution in [2.45, 2.75) is 20.3 Å². The molecule has 0 aliphatic rings.